The van der Waals surface area contributed by atoms with Gasteiger partial charge in [-0.05, 0) is 72.3 Å². The van der Waals surface area contributed by atoms with E-state index in [9.17, 15) is 27.9 Å². The van der Waals surface area contributed by atoms with Crippen LogP contribution in [-0.4, -0.2) is 49.1 Å². The number of carbonyl (C=O) groups excluding carboxylic acids is 2. The molecule has 0 saturated carbocycles. The number of unbranched alkanes of at least 4 members (excludes halogenated alkanes) is 1. The number of amides is 3. The Morgan fingerprint density at radius 2 is 1.80 bits per heavy atom. The summed E-state index contributed by atoms with van der Waals surface area (Å²) in [6.07, 6.45) is -0.921. The van der Waals surface area contributed by atoms with Crippen molar-refractivity contribution >= 4 is 44.5 Å². The van der Waals surface area contributed by atoms with Crippen LogP contribution in [0, 0.1) is 18.8 Å². The topological polar surface area (TPSA) is 148 Å². The number of rotatable bonds is 8. The first-order valence-electron chi connectivity index (χ1n) is 12.3. The van der Waals surface area contributed by atoms with Crippen LogP contribution in [-0.2, 0) is 20.0 Å². The normalized spacial score (nSPS) is 17.1. The highest BCUT2D eigenvalue weighted by atomic mass is 32.3. The number of ether oxygens (including phenoxy) is 2. The van der Waals surface area contributed by atoms with E-state index in [2.05, 4.69) is 22.5 Å². The molecule has 0 radical (unpaired) electrons. The van der Waals surface area contributed by atoms with Crippen LogP contribution in [0.4, 0.5) is 15.3 Å². The summed E-state index contributed by atoms with van der Waals surface area (Å²) in [5, 5.41) is 12.9. The first kappa shape index (κ1) is 30.8. The molecule has 0 aromatic heterocycles. The Morgan fingerprint density at radius 3 is 2.35 bits per heavy atom. The van der Waals surface area contributed by atoms with Gasteiger partial charge < -0.3 is 14.6 Å². The van der Waals surface area contributed by atoms with Gasteiger partial charge in [-0.1, -0.05) is 32.6 Å². The number of methoxy groups -OCH3 is 2. The van der Waals surface area contributed by atoms with Crippen LogP contribution < -0.4 is 20.1 Å². The molecule has 2 aromatic carbocycles. The van der Waals surface area contributed by atoms with Crippen molar-refractivity contribution in [3.05, 3.63) is 47.0 Å². The fraction of sp³-hybridized carbons (Fsp3) is 0.393. The fourth-order valence-corrected chi connectivity index (χ4v) is 7.83. The van der Waals surface area contributed by atoms with Crippen molar-refractivity contribution in [3.8, 4) is 23.3 Å². The van der Waals surface area contributed by atoms with Crippen molar-refractivity contribution in [2.75, 3.05) is 19.5 Å². The Labute approximate surface area is 238 Å². The lowest BCUT2D eigenvalue weighted by atomic mass is 9.82. The maximum atomic E-state index is 13.7. The number of carboxylic acid groups (broad SMARTS) is 1. The molecule has 1 aliphatic heterocycles. The molecule has 1 heterocycles. The zero-order valence-electron chi connectivity index (χ0n) is 23.1. The van der Waals surface area contributed by atoms with Crippen molar-refractivity contribution in [3.63, 3.8) is 0 Å². The summed E-state index contributed by atoms with van der Waals surface area (Å²) in [4.78, 5) is 36.1. The van der Waals surface area contributed by atoms with Gasteiger partial charge in [-0.3, -0.25) is 20.2 Å². The molecule has 1 unspecified atom stereocenters. The van der Waals surface area contributed by atoms with E-state index in [1.807, 2.05) is 27.7 Å². The molecule has 214 valence electrons. The zero-order chi connectivity index (χ0) is 29.9. The van der Waals surface area contributed by atoms with Gasteiger partial charge in [0.2, 0.25) is 13.9 Å². The lowest BCUT2D eigenvalue weighted by Crippen LogP contribution is -2.43. The Balaban J connectivity index is 1.90. The van der Waals surface area contributed by atoms with Crippen molar-refractivity contribution in [2.45, 2.75) is 61.3 Å². The van der Waals surface area contributed by atoms with Crippen LogP contribution in [0.25, 0.3) is 0 Å². The van der Waals surface area contributed by atoms with E-state index in [4.69, 9.17) is 9.47 Å². The number of hydrogen-bond donors (Lipinski definition) is 3. The molecular formula is C28H32N2O8S2. The summed E-state index contributed by atoms with van der Waals surface area (Å²) in [5.74, 6) is 5.66. The quantitative estimate of drug-likeness (QED) is 0.284. The Morgan fingerprint density at radius 1 is 1.12 bits per heavy atom. The van der Waals surface area contributed by atoms with Gasteiger partial charge in [-0.2, -0.15) is 0 Å². The molecule has 40 heavy (non-hydrogen) atoms. The van der Waals surface area contributed by atoms with Gasteiger partial charge in [0.1, 0.15) is 0 Å². The van der Waals surface area contributed by atoms with Crippen molar-refractivity contribution in [1.82, 2.24) is 5.32 Å². The maximum Gasteiger partial charge on any atom is 0.409 e. The van der Waals surface area contributed by atoms with Gasteiger partial charge in [0, 0.05) is 23.7 Å². The number of sulfone groups is 1. The third kappa shape index (κ3) is 6.21. The van der Waals surface area contributed by atoms with E-state index in [0.29, 0.717) is 28.8 Å². The predicted molar refractivity (Wildman–Crippen MR) is 153 cm³/mol. The average molecular weight is 589 g/mol. The van der Waals surface area contributed by atoms with Crippen molar-refractivity contribution in [1.29, 1.82) is 0 Å². The maximum absolute atomic E-state index is 13.7. The Kier molecular flexibility index (Phi) is 9.11. The largest absolute Gasteiger partial charge is 0.493 e. The lowest BCUT2D eigenvalue weighted by molar-refractivity contribution is -0.120. The smallest absolute Gasteiger partial charge is 0.409 e. The molecular weight excluding hydrogens is 556 g/mol. The summed E-state index contributed by atoms with van der Waals surface area (Å²) in [6.45, 7) is 7.95. The van der Waals surface area contributed by atoms with Crippen LogP contribution in [0.2, 0.25) is 0 Å². The number of benzene rings is 2. The molecule has 0 aliphatic carbocycles. The van der Waals surface area contributed by atoms with Gasteiger partial charge in [-0.25, -0.2) is 13.2 Å². The van der Waals surface area contributed by atoms with Crippen molar-refractivity contribution < 1.29 is 37.4 Å². The standard InChI is InChI=1S/C28H32N2O8S2/c1-17-18(14-19(29-25(32)33)15-21(17)27(2,3)4)10-8-7-9-13-28(24(31)30-26(34)39-28)40(35,36)20-11-12-22(37-5)23(16-20)38-6/h11-12,14-16,29H,7,9,13H2,1-6H3,(H,32,33)(H,30,31,34). The second kappa shape index (κ2) is 11.8. The minimum Gasteiger partial charge on any atom is -0.493 e. The molecule has 0 bridgehead atoms. The number of carbonyl (C=O) groups is 3. The number of nitrogens with one attached hydrogen (secondary N) is 2. The summed E-state index contributed by atoms with van der Waals surface area (Å²) < 4.78 is 35.8. The first-order valence-corrected chi connectivity index (χ1v) is 14.6. The van der Waals surface area contributed by atoms with E-state index in [1.54, 1.807) is 12.1 Å². The Bertz CT molecular complexity index is 1520. The molecule has 12 heteroatoms. The SMILES string of the molecule is COc1ccc(S(=O)(=O)C2(CCCC#Cc3cc(NC(=O)O)cc(C(C)(C)C)c3C)SC(=O)NC2=O)cc1OC. The number of imide groups is 1. The molecule has 1 aliphatic rings. The van der Waals surface area contributed by atoms with Crippen LogP contribution >= 0.6 is 11.8 Å². The molecule has 3 N–H and O–H groups in total. The van der Waals surface area contributed by atoms with Gasteiger partial charge in [-0.15, -0.1) is 0 Å². The van der Waals surface area contributed by atoms with E-state index in [0.717, 1.165) is 11.1 Å². The van der Waals surface area contributed by atoms with Crippen LogP contribution in [0.1, 0.15) is 56.7 Å². The highest BCUT2D eigenvalue weighted by Gasteiger charge is 2.58. The molecule has 3 rings (SSSR count). The first-order chi connectivity index (χ1) is 18.7. The third-order valence-electron chi connectivity index (χ3n) is 6.42. The minimum absolute atomic E-state index is 0.159. The third-order valence-corrected chi connectivity index (χ3v) is 10.5. The second-order valence-corrected chi connectivity index (χ2v) is 13.9. The van der Waals surface area contributed by atoms with E-state index in [1.165, 1.54) is 32.4 Å². The molecule has 1 fully saturated rings. The lowest BCUT2D eigenvalue weighted by Gasteiger charge is -2.24. The minimum atomic E-state index is -4.34. The summed E-state index contributed by atoms with van der Waals surface area (Å²) in [6, 6.07) is 7.42. The number of hydrogen-bond acceptors (Lipinski definition) is 8. The number of thioether (sulfide) groups is 1. The van der Waals surface area contributed by atoms with E-state index >= 15 is 0 Å². The second-order valence-electron chi connectivity index (χ2n) is 10.1. The zero-order valence-corrected chi connectivity index (χ0v) is 24.8. The Hall–Kier alpha value is -3.69. The molecule has 10 nitrogen and oxygen atoms in total. The monoisotopic (exact) mass is 588 g/mol. The predicted octanol–water partition coefficient (Wildman–Crippen LogP) is 5.07. The molecule has 1 saturated heterocycles. The number of anilines is 1. The van der Waals surface area contributed by atoms with Gasteiger partial charge in [0.25, 0.3) is 11.1 Å². The van der Waals surface area contributed by atoms with Crippen LogP contribution in [0.5, 0.6) is 11.5 Å². The summed E-state index contributed by atoms with van der Waals surface area (Å²) >= 11 is 0.444. The fourth-order valence-electron chi connectivity index (χ4n) is 4.45. The van der Waals surface area contributed by atoms with Gasteiger partial charge in [0.05, 0.1) is 19.1 Å². The van der Waals surface area contributed by atoms with Gasteiger partial charge in [0.15, 0.2) is 11.5 Å². The van der Waals surface area contributed by atoms with Gasteiger partial charge >= 0.3 is 6.09 Å². The van der Waals surface area contributed by atoms with E-state index in [-0.39, 0.29) is 35.3 Å². The van der Waals surface area contributed by atoms with Crippen LogP contribution in [0.3, 0.4) is 0 Å². The highest BCUT2D eigenvalue weighted by molar-refractivity contribution is 8.25. The summed E-state index contributed by atoms with van der Waals surface area (Å²) in [5.41, 5.74) is 2.60. The molecule has 1 atom stereocenters. The molecule has 2 aromatic rings. The summed E-state index contributed by atoms with van der Waals surface area (Å²) in [7, 11) is -1.56. The van der Waals surface area contributed by atoms with Crippen molar-refractivity contribution in [2.24, 2.45) is 0 Å². The highest BCUT2D eigenvalue weighted by Crippen LogP contribution is 2.45. The average Bonchev–Trinajstić information content (AvgIpc) is 3.17. The van der Waals surface area contributed by atoms with Crippen LogP contribution in [0.15, 0.2) is 35.2 Å². The van der Waals surface area contributed by atoms with E-state index < -0.39 is 31.2 Å². The molecule has 3 amide bonds. The molecule has 0 spiro atoms.